The third-order valence-electron chi connectivity index (χ3n) is 2.81. The summed E-state index contributed by atoms with van der Waals surface area (Å²) in [5.41, 5.74) is 1.34. The number of allylic oxidation sites excluding steroid dienone is 4. The molecular formula is C17H25O3P. The summed E-state index contributed by atoms with van der Waals surface area (Å²) in [6.07, 6.45) is 10.2. The van der Waals surface area contributed by atoms with Crippen molar-refractivity contribution in [2.45, 2.75) is 26.7 Å². The quantitative estimate of drug-likeness (QED) is 0.451. The van der Waals surface area contributed by atoms with E-state index < -0.39 is 7.60 Å². The maximum Gasteiger partial charge on any atom is 0.334 e. The number of benzene rings is 1. The van der Waals surface area contributed by atoms with Crippen LogP contribution in [0, 0.1) is 0 Å². The molecule has 1 aromatic carbocycles. The minimum absolute atomic E-state index is 0.317. The molecule has 0 aromatic heterocycles. The number of hydrogen-bond donors (Lipinski definition) is 0. The second kappa shape index (κ2) is 10.6. The third-order valence-corrected chi connectivity index (χ3v) is 4.77. The van der Waals surface area contributed by atoms with E-state index in [1.165, 1.54) is 5.56 Å². The van der Waals surface area contributed by atoms with Crippen LogP contribution in [-0.4, -0.2) is 19.4 Å². The van der Waals surface area contributed by atoms with Crippen molar-refractivity contribution in [3.63, 3.8) is 0 Å². The first-order valence-corrected chi connectivity index (χ1v) is 9.16. The lowest BCUT2D eigenvalue weighted by molar-refractivity contribution is 0.222. The lowest BCUT2D eigenvalue weighted by atomic mass is 10.1. The Balaban J connectivity index is 2.30. The van der Waals surface area contributed by atoms with E-state index in [1.807, 2.05) is 38.1 Å². The van der Waals surface area contributed by atoms with E-state index in [4.69, 9.17) is 9.05 Å². The minimum Gasteiger partial charge on any atom is -0.309 e. The molecule has 21 heavy (non-hydrogen) atoms. The van der Waals surface area contributed by atoms with Crippen molar-refractivity contribution in [1.82, 2.24) is 0 Å². The highest BCUT2D eigenvalue weighted by atomic mass is 31.2. The molecule has 0 aliphatic carbocycles. The molecular weight excluding hydrogens is 283 g/mol. The standard InChI is InChI=1S/C17H25O3P/c1-3-19-21(18,20-4-2)16-12-7-5-6-9-13-17-14-10-8-11-15-17/h5-8,10-12,14-15H,3-4,9,13,16H2,1-2H3/b6-5+,12-7+. The zero-order valence-electron chi connectivity index (χ0n) is 12.9. The molecule has 1 rings (SSSR count). The molecule has 0 bridgehead atoms. The zero-order chi connectivity index (χ0) is 15.4. The Morgan fingerprint density at radius 1 is 1.00 bits per heavy atom. The highest BCUT2D eigenvalue weighted by Crippen LogP contribution is 2.47. The first-order valence-electron chi connectivity index (χ1n) is 7.44. The largest absolute Gasteiger partial charge is 0.334 e. The van der Waals surface area contributed by atoms with Crippen LogP contribution in [0.25, 0.3) is 0 Å². The van der Waals surface area contributed by atoms with Gasteiger partial charge in [0.05, 0.1) is 19.4 Å². The fourth-order valence-electron chi connectivity index (χ4n) is 1.87. The Morgan fingerprint density at radius 2 is 1.62 bits per heavy atom. The van der Waals surface area contributed by atoms with Crippen molar-refractivity contribution in [3.05, 3.63) is 60.2 Å². The lowest BCUT2D eigenvalue weighted by Crippen LogP contribution is -1.98. The van der Waals surface area contributed by atoms with Gasteiger partial charge in [0.25, 0.3) is 0 Å². The summed E-state index contributed by atoms with van der Waals surface area (Å²) in [5, 5.41) is 0. The van der Waals surface area contributed by atoms with E-state index in [2.05, 4.69) is 30.3 Å². The van der Waals surface area contributed by atoms with Gasteiger partial charge in [0.2, 0.25) is 0 Å². The maximum absolute atomic E-state index is 12.2. The molecule has 1 aromatic rings. The van der Waals surface area contributed by atoms with Crippen LogP contribution in [0.3, 0.4) is 0 Å². The normalized spacial score (nSPS) is 12.5. The van der Waals surface area contributed by atoms with Crippen LogP contribution in [-0.2, 0) is 20.0 Å². The molecule has 4 heteroatoms. The first-order chi connectivity index (χ1) is 10.2. The number of hydrogen-bond acceptors (Lipinski definition) is 3. The predicted molar refractivity (Wildman–Crippen MR) is 88.8 cm³/mol. The summed E-state index contributed by atoms with van der Waals surface area (Å²) in [5.74, 6) is 0. The average Bonchev–Trinajstić information content (AvgIpc) is 2.48. The monoisotopic (exact) mass is 308 g/mol. The minimum atomic E-state index is -2.94. The smallest absolute Gasteiger partial charge is 0.309 e. The van der Waals surface area contributed by atoms with Gasteiger partial charge >= 0.3 is 7.60 Å². The Labute approximate surface area is 128 Å². The Kier molecular flexibility index (Phi) is 9.00. The van der Waals surface area contributed by atoms with Gasteiger partial charge in [0.15, 0.2) is 0 Å². The summed E-state index contributed by atoms with van der Waals surface area (Å²) in [4.78, 5) is 0. The Morgan fingerprint density at radius 3 is 2.24 bits per heavy atom. The van der Waals surface area contributed by atoms with Gasteiger partial charge in [-0.2, -0.15) is 0 Å². The van der Waals surface area contributed by atoms with Crippen LogP contribution >= 0.6 is 7.60 Å². The van der Waals surface area contributed by atoms with Gasteiger partial charge in [-0.25, -0.2) is 0 Å². The van der Waals surface area contributed by atoms with E-state index in [0.717, 1.165) is 12.8 Å². The summed E-state index contributed by atoms with van der Waals surface area (Å²) >= 11 is 0. The second-order valence-electron chi connectivity index (χ2n) is 4.51. The van der Waals surface area contributed by atoms with Gasteiger partial charge in [-0.1, -0.05) is 54.6 Å². The summed E-state index contributed by atoms with van der Waals surface area (Å²) in [7, 11) is -2.94. The third kappa shape index (κ3) is 8.01. The molecule has 0 heterocycles. The fraction of sp³-hybridized carbons (Fsp3) is 0.412. The van der Waals surface area contributed by atoms with Crippen molar-refractivity contribution < 1.29 is 13.6 Å². The van der Waals surface area contributed by atoms with Crippen molar-refractivity contribution in [2.75, 3.05) is 19.4 Å². The van der Waals surface area contributed by atoms with Crippen molar-refractivity contribution in [2.24, 2.45) is 0 Å². The fourth-order valence-corrected chi connectivity index (χ4v) is 3.33. The number of aryl methyl sites for hydroxylation is 1. The molecule has 0 amide bonds. The van der Waals surface area contributed by atoms with Crippen LogP contribution in [0.4, 0.5) is 0 Å². The molecule has 116 valence electrons. The summed E-state index contributed by atoms with van der Waals surface area (Å²) in [6, 6.07) is 10.4. The molecule has 0 spiro atoms. The SMILES string of the molecule is CCOP(=O)(C/C=C/C=C/CCc1ccccc1)OCC. The first kappa shape index (κ1) is 17.9. The Bertz CT molecular complexity index is 470. The summed E-state index contributed by atoms with van der Waals surface area (Å²) < 4.78 is 22.6. The van der Waals surface area contributed by atoms with Crippen molar-refractivity contribution in [3.8, 4) is 0 Å². The van der Waals surface area contributed by atoms with Gasteiger partial charge in [-0.05, 0) is 32.3 Å². The van der Waals surface area contributed by atoms with Gasteiger partial charge < -0.3 is 9.05 Å². The lowest BCUT2D eigenvalue weighted by Gasteiger charge is -2.14. The van der Waals surface area contributed by atoms with Crippen molar-refractivity contribution in [1.29, 1.82) is 0 Å². The van der Waals surface area contributed by atoms with Gasteiger partial charge in [-0.3, -0.25) is 4.57 Å². The van der Waals surface area contributed by atoms with E-state index in [-0.39, 0.29) is 0 Å². The number of rotatable bonds is 10. The maximum atomic E-state index is 12.2. The molecule has 0 N–H and O–H groups in total. The highest BCUT2D eigenvalue weighted by molar-refractivity contribution is 7.54. The van der Waals surface area contributed by atoms with E-state index in [9.17, 15) is 4.57 Å². The molecule has 0 saturated heterocycles. The highest BCUT2D eigenvalue weighted by Gasteiger charge is 2.20. The molecule has 0 saturated carbocycles. The average molecular weight is 308 g/mol. The Hall–Kier alpha value is -1.15. The molecule has 0 unspecified atom stereocenters. The van der Waals surface area contributed by atoms with Crippen LogP contribution in [0.2, 0.25) is 0 Å². The zero-order valence-corrected chi connectivity index (χ0v) is 13.8. The topological polar surface area (TPSA) is 35.5 Å². The van der Waals surface area contributed by atoms with E-state index in [0.29, 0.717) is 19.4 Å². The van der Waals surface area contributed by atoms with Crippen LogP contribution < -0.4 is 0 Å². The summed E-state index contributed by atoms with van der Waals surface area (Å²) in [6.45, 7) is 4.44. The molecule has 0 radical (unpaired) electrons. The van der Waals surface area contributed by atoms with Gasteiger partial charge in [0.1, 0.15) is 0 Å². The van der Waals surface area contributed by atoms with Crippen LogP contribution in [0.1, 0.15) is 25.8 Å². The van der Waals surface area contributed by atoms with E-state index in [1.54, 1.807) is 0 Å². The molecule has 0 fully saturated rings. The predicted octanol–water partition coefficient (Wildman–Crippen LogP) is 5.00. The van der Waals surface area contributed by atoms with Crippen molar-refractivity contribution >= 4 is 7.60 Å². The van der Waals surface area contributed by atoms with Crippen LogP contribution in [0.5, 0.6) is 0 Å². The molecule has 3 nitrogen and oxygen atoms in total. The van der Waals surface area contributed by atoms with E-state index >= 15 is 0 Å². The van der Waals surface area contributed by atoms with Crippen LogP contribution in [0.15, 0.2) is 54.6 Å². The molecule has 0 aliphatic rings. The second-order valence-corrected chi connectivity index (χ2v) is 6.61. The molecule has 0 aliphatic heterocycles. The molecule has 0 atom stereocenters. The van der Waals surface area contributed by atoms with Gasteiger partial charge in [-0.15, -0.1) is 0 Å². The van der Waals surface area contributed by atoms with Gasteiger partial charge in [0, 0.05) is 0 Å².